The molecular weight excluding hydrogens is 440 g/mol. The summed E-state index contributed by atoms with van der Waals surface area (Å²) in [5.41, 5.74) is 11.9. The number of imide groups is 1. The van der Waals surface area contributed by atoms with Gasteiger partial charge in [0.1, 0.15) is 0 Å². The Kier molecular flexibility index (Phi) is 7.26. The number of anilines is 1. The average Bonchev–Trinajstić information content (AvgIpc) is 3.45. The lowest BCUT2D eigenvalue weighted by molar-refractivity contribution is -0.127. The second kappa shape index (κ2) is 10.5. The van der Waals surface area contributed by atoms with Crippen LogP contribution < -0.4 is 21.8 Å². The molecule has 10 heteroatoms. The van der Waals surface area contributed by atoms with E-state index in [9.17, 15) is 14.4 Å². The van der Waals surface area contributed by atoms with Crippen molar-refractivity contribution in [3.05, 3.63) is 65.2 Å². The molecule has 0 aliphatic carbocycles. The van der Waals surface area contributed by atoms with E-state index in [-0.39, 0.29) is 30.0 Å². The zero-order chi connectivity index (χ0) is 23.2. The summed E-state index contributed by atoms with van der Waals surface area (Å²) in [6.07, 6.45) is 2.12. The second-order valence-electron chi connectivity index (χ2n) is 7.79. The molecule has 2 aromatic carbocycles. The van der Waals surface area contributed by atoms with Crippen LogP contribution in [0.2, 0.25) is 0 Å². The normalized spacial score (nSPS) is 17.5. The number of hydrogen-bond acceptors (Lipinski definition) is 8. The largest absolute Gasteiger partial charge is 0.326 e. The van der Waals surface area contributed by atoms with Crippen LogP contribution in [0.4, 0.5) is 10.5 Å². The van der Waals surface area contributed by atoms with Crippen molar-refractivity contribution in [3.8, 4) is 0 Å². The molecule has 1 fully saturated rings. The van der Waals surface area contributed by atoms with E-state index in [0.717, 1.165) is 29.3 Å². The van der Waals surface area contributed by atoms with Gasteiger partial charge in [0, 0.05) is 24.2 Å². The molecule has 3 amide bonds. The summed E-state index contributed by atoms with van der Waals surface area (Å²) >= 11 is 1.07. The van der Waals surface area contributed by atoms with Gasteiger partial charge in [-0.1, -0.05) is 43.0 Å². The summed E-state index contributed by atoms with van der Waals surface area (Å²) in [6, 6.07) is 15.4. The Hall–Kier alpha value is -3.37. The molecule has 1 saturated heterocycles. The molecular formula is C23H26N6O3S. The van der Waals surface area contributed by atoms with E-state index in [1.165, 1.54) is 10.5 Å². The molecule has 0 saturated carbocycles. The predicted molar refractivity (Wildman–Crippen MR) is 128 cm³/mol. The number of rotatable bonds is 9. The van der Waals surface area contributed by atoms with Crippen molar-refractivity contribution in [2.75, 3.05) is 11.9 Å². The average molecular weight is 467 g/mol. The fourth-order valence-corrected chi connectivity index (χ4v) is 4.68. The van der Waals surface area contributed by atoms with Gasteiger partial charge in [0.05, 0.1) is 5.25 Å². The minimum Gasteiger partial charge on any atom is -0.326 e. The number of hydrogen-bond donors (Lipinski definition) is 4. The van der Waals surface area contributed by atoms with Crippen LogP contribution in [-0.2, 0) is 22.4 Å². The molecule has 1 unspecified atom stereocenters. The summed E-state index contributed by atoms with van der Waals surface area (Å²) in [6.45, 7) is 2.34. The third-order valence-corrected chi connectivity index (χ3v) is 6.56. The maximum atomic E-state index is 12.7. The summed E-state index contributed by atoms with van der Waals surface area (Å²) in [5, 5.41) is 6.21. The van der Waals surface area contributed by atoms with Crippen LogP contribution in [0, 0.1) is 0 Å². The van der Waals surface area contributed by atoms with E-state index in [0.29, 0.717) is 24.4 Å². The standard InChI is InChI=1S/C23H26N6O3S/c1-2-15-5-7-16(8-6-15)14-19-22(31)29(23(32)33-19)13-3-4-20(30)24-18-11-9-17(10-12-18)21-25-27-28-26-21/h5-12,19,27-28H,2-4,13-14H2,1H3,(H,24,30)(H,25,26). The van der Waals surface area contributed by atoms with Gasteiger partial charge in [-0.05, 0) is 54.7 Å². The molecule has 0 radical (unpaired) electrons. The van der Waals surface area contributed by atoms with E-state index in [2.05, 4.69) is 46.0 Å². The number of nitrogens with one attached hydrogen (secondary N) is 4. The highest BCUT2D eigenvalue weighted by atomic mass is 32.2. The van der Waals surface area contributed by atoms with Gasteiger partial charge in [-0.25, -0.2) is 5.53 Å². The first-order valence-corrected chi connectivity index (χ1v) is 11.7. The molecule has 0 bridgehead atoms. The molecule has 0 spiro atoms. The molecule has 1 atom stereocenters. The molecule has 4 rings (SSSR count). The zero-order valence-corrected chi connectivity index (χ0v) is 19.1. The van der Waals surface area contributed by atoms with Crippen molar-refractivity contribution >= 4 is 40.3 Å². The smallest absolute Gasteiger partial charge is 0.289 e. The summed E-state index contributed by atoms with van der Waals surface area (Å²) in [4.78, 5) is 38.6. The van der Waals surface area contributed by atoms with Gasteiger partial charge in [0.2, 0.25) is 11.8 Å². The monoisotopic (exact) mass is 466 g/mol. The number of benzene rings is 2. The van der Waals surface area contributed by atoms with E-state index < -0.39 is 5.25 Å². The minimum absolute atomic E-state index is 0.165. The predicted octanol–water partition coefficient (Wildman–Crippen LogP) is 2.55. The third-order valence-electron chi connectivity index (χ3n) is 5.49. The van der Waals surface area contributed by atoms with Crippen molar-refractivity contribution in [2.45, 2.75) is 37.9 Å². The summed E-state index contributed by atoms with van der Waals surface area (Å²) < 4.78 is 0. The van der Waals surface area contributed by atoms with Gasteiger partial charge in [-0.2, -0.15) is 0 Å². The highest BCUT2D eigenvalue weighted by Gasteiger charge is 2.39. The molecule has 4 N–H and O–H groups in total. The number of carbonyl (C=O) groups is 3. The highest BCUT2D eigenvalue weighted by Crippen LogP contribution is 2.30. The molecule has 0 aromatic heterocycles. The van der Waals surface area contributed by atoms with Crippen LogP contribution in [0.15, 0.2) is 53.6 Å². The molecule has 2 heterocycles. The number of hydrazine groups is 2. The van der Waals surface area contributed by atoms with Gasteiger partial charge in [0.15, 0.2) is 5.84 Å². The molecule has 9 nitrogen and oxygen atoms in total. The minimum atomic E-state index is -0.401. The lowest BCUT2D eigenvalue weighted by Gasteiger charge is -2.14. The highest BCUT2D eigenvalue weighted by molar-refractivity contribution is 8.15. The maximum Gasteiger partial charge on any atom is 0.289 e. The molecule has 2 aromatic rings. The number of thioether (sulfide) groups is 1. The quantitative estimate of drug-likeness (QED) is 0.449. The number of carbonyl (C=O) groups excluding carboxylic acids is 3. The topological polar surface area (TPSA) is 115 Å². The molecule has 33 heavy (non-hydrogen) atoms. The van der Waals surface area contributed by atoms with Crippen molar-refractivity contribution in [3.63, 3.8) is 0 Å². The lowest BCUT2D eigenvalue weighted by atomic mass is 10.1. The van der Waals surface area contributed by atoms with Gasteiger partial charge in [-0.15, -0.1) is 10.6 Å². The Labute approximate surface area is 196 Å². The summed E-state index contributed by atoms with van der Waals surface area (Å²) in [7, 11) is 0. The SMILES string of the molecule is CCc1ccc(CC2SC(=O)N(CCCC(=O)Nc3ccc(C4=NNNN4)cc3)C2=O)cc1. The zero-order valence-electron chi connectivity index (χ0n) is 18.3. The van der Waals surface area contributed by atoms with E-state index in [4.69, 9.17) is 0 Å². The second-order valence-corrected chi connectivity index (χ2v) is 8.94. The fraction of sp³-hybridized carbons (Fsp3) is 0.304. The first-order valence-electron chi connectivity index (χ1n) is 10.9. The van der Waals surface area contributed by atoms with Gasteiger partial charge in [-0.3, -0.25) is 24.7 Å². The third kappa shape index (κ3) is 5.71. The number of amidine groups is 1. The Balaban J connectivity index is 1.22. The van der Waals surface area contributed by atoms with Crippen LogP contribution in [0.5, 0.6) is 0 Å². The number of nitrogens with zero attached hydrogens (tertiary/aromatic N) is 2. The van der Waals surface area contributed by atoms with Gasteiger partial charge >= 0.3 is 0 Å². The number of aryl methyl sites for hydroxylation is 1. The van der Waals surface area contributed by atoms with E-state index in [1.54, 1.807) is 12.1 Å². The van der Waals surface area contributed by atoms with E-state index in [1.807, 2.05) is 24.3 Å². The van der Waals surface area contributed by atoms with Crippen molar-refractivity contribution in [1.82, 2.24) is 21.4 Å². The van der Waals surface area contributed by atoms with Crippen LogP contribution in [0.25, 0.3) is 0 Å². The molecule has 2 aliphatic heterocycles. The first kappa shape index (κ1) is 22.8. The number of hydrazone groups is 1. The fourth-order valence-electron chi connectivity index (χ4n) is 3.62. The van der Waals surface area contributed by atoms with Crippen molar-refractivity contribution < 1.29 is 14.4 Å². The first-order chi connectivity index (χ1) is 16.0. The van der Waals surface area contributed by atoms with Crippen LogP contribution in [-0.4, -0.2) is 39.6 Å². The maximum absolute atomic E-state index is 12.7. The van der Waals surface area contributed by atoms with E-state index >= 15 is 0 Å². The Morgan fingerprint density at radius 3 is 2.48 bits per heavy atom. The van der Waals surface area contributed by atoms with Crippen LogP contribution >= 0.6 is 11.8 Å². The van der Waals surface area contributed by atoms with Gasteiger partial charge in [0.25, 0.3) is 5.24 Å². The van der Waals surface area contributed by atoms with Crippen molar-refractivity contribution in [1.29, 1.82) is 0 Å². The molecule has 172 valence electrons. The van der Waals surface area contributed by atoms with Gasteiger partial charge < -0.3 is 5.32 Å². The Bertz CT molecular complexity index is 1050. The number of amides is 3. The van der Waals surface area contributed by atoms with Crippen molar-refractivity contribution in [2.24, 2.45) is 5.10 Å². The van der Waals surface area contributed by atoms with Crippen LogP contribution in [0.1, 0.15) is 36.5 Å². The van der Waals surface area contributed by atoms with Crippen LogP contribution in [0.3, 0.4) is 0 Å². The Morgan fingerprint density at radius 1 is 1.09 bits per heavy atom. The summed E-state index contributed by atoms with van der Waals surface area (Å²) in [5.74, 6) is 0.316. The molecule has 2 aliphatic rings. The Morgan fingerprint density at radius 2 is 1.82 bits per heavy atom. The lowest BCUT2D eigenvalue weighted by Crippen LogP contribution is -2.35.